The molecule has 5 nitrogen and oxygen atoms in total. The summed E-state index contributed by atoms with van der Waals surface area (Å²) in [7, 11) is -1.39. The number of hydrogen-bond acceptors (Lipinski definition) is 5. The molecule has 0 aliphatic rings. The van der Waals surface area contributed by atoms with Crippen LogP contribution >= 0.6 is 10.6 Å². The molecule has 1 aromatic heterocycles. The van der Waals surface area contributed by atoms with Gasteiger partial charge in [-0.2, -0.15) is 10.6 Å². The van der Waals surface area contributed by atoms with Gasteiger partial charge in [0, 0.05) is 6.26 Å². The van der Waals surface area contributed by atoms with Crippen molar-refractivity contribution < 1.29 is 23.1 Å². The van der Waals surface area contributed by atoms with E-state index in [0.29, 0.717) is 5.76 Å². The Morgan fingerprint density at radius 3 is 2.71 bits per heavy atom. The molecule has 14 heavy (non-hydrogen) atoms. The van der Waals surface area contributed by atoms with Crippen molar-refractivity contribution in [2.45, 2.75) is 5.75 Å². The van der Waals surface area contributed by atoms with Gasteiger partial charge in [-0.05, 0) is 12.1 Å². The highest BCUT2D eigenvalue weighted by Gasteiger charge is 2.14. The molecule has 0 amide bonds. The van der Waals surface area contributed by atoms with Gasteiger partial charge >= 0.3 is 5.97 Å². The molecular weight excluding hydrogens is 208 g/mol. The average Bonchev–Trinajstić information content (AvgIpc) is 2.48. The number of hydrogen-bond donors (Lipinski definition) is 2. The van der Waals surface area contributed by atoms with Crippen LogP contribution in [0.5, 0.6) is 0 Å². The van der Waals surface area contributed by atoms with Gasteiger partial charge in [0.25, 0.3) is 0 Å². The van der Waals surface area contributed by atoms with E-state index >= 15 is 0 Å². The van der Waals surface area contributed by atoms with E-state index in [9.17, 15) is 4.79 Å². The summed E-state index contributed by atoms with van der Waals surface area (Å²) in [4.78, 5) is 11.0. The Morgan fingerprint density at radius 1 is 1.57 bits per heavy atom. The summed E-state index contributed by atoms with van der Waals surface area (Å²) in [5.41, 5.74) is 0. The zero-order chi connectivity index (χ0) is 10.8. The predicted octanol–water partition coefficient (Wildman–Crippen LogP) is 1.95. The van der Waals surface area contributed by atoms with Crippen LogP contribution in [0.1, 0.15) is 16.3 Å². The molecular formula is C8H12O5S. The van der Waals surface area contributed by atoms with Gasteiger partial charge in [0.1, 0.15) is 5.76 Å². The van der Waals surface area contributed by atoms with Crippen molar-refractivity contribution in [3.05, 3.63) is 23.7 Å². The lowest BCUT2D eigenvalue weighted by Crippen LogP contribution is -1.99. The molecule has 6 heteroatoms. The molecule has 0 aliphatic carbocycles. The van der Waals surface area contributed by atoms with Crippen molar-refractivity contribution in [2.24, 2.45) is 0 Å². The second-order valence-electron chi connectivity index (χ2n) is 2.90. The molecule has 1 aromatic rings. The zero-order valence-electron chi connectivity index (χ0n) is 7.89. The summed E-state index contributed by atoms with van der Waals surface area (Å²) in [5, 5.41) is 0. The quantitative estimate of drug-likeness (QED) is 0.761. The fourth-order valence-electron chi connectivity index (χ4n) is 0.935. The van der Waals surface area contributed by atoms with Crippen LogP contribution in [0, 0.1) is 0 Å². The van der Waals surface area contributed by atoms with Gasteiger partial charge < -0.3 is 9.15 Å². The Bertz CT molecular complexity index is 325. The first-order valence-electron chi connectivity index (χ1n) is 3.80. The monoisotopic (exact) mass is 220 g/mol. The Balaban J connectivity index is 2.74. The molecule has 1 rings (SSSR count). The zero-order valence-corrected chi connectivity index (χ0v) is 8.71. The number of esters is 1. The summed E-state index contributed by atoms with van der Waals surface area (Å²) < 4.78 is 27.7. The molecule has 0 unspecified atom stereocenters. The van der Waals surface area contributed by atoms with Gasteiger partial charge in [0.05, 0.1) is 12.9 Å². The number of carbonyl (C=O) groups is 1. The Hall–Kier alpha value is -0.980. The first-order chi connectivity index (χ1) is 6.42. The summed E-state index contributed by atoms with van der Waals surface area (Å²) in [6.45, 7) is 0. The van der Waals surface area contributed by atoms with E-state index in [-0.39, 0.29) is 11.5 Å². The van der Waals surface area contributed by atoms with E-state index in [1.165, 1.54) is 25.5 Å². The van der Waals surface area contributed by atoms with Crippen LogP contribution in [0.25, 0.3) is 0 Å². The normalized spacial score (nSPS) is 12.6. The summed E-state index contributed by atoms with van der Waals surface area (Å²) in [6.07, 6.45) is 1.31. The highest BCUT2D eigenvalue weighted by atomic mass is 32.3. The van der Waals surface area contributed by atoms with Crippen LogP contribution in [0.2, 0.25) is 0 Å². The highest BCUT2D eigenvalue weighted by Crippen LogP contribution is 2.38. The summed E-state index contributed by atoms with van der Waals surface area (Å²) in [5.74, 6) is -0.160. The minimum absolute atomic E-state index is 0.00396. The van der Waals surface area contributed by atoms with Crippen molar-refractivity contribution in [3.8, 4) is 0 Å². The molecule has 0 aliphatic heterocycles. The third-order valence-electron chi connectivity index (χ3n) is 1.46. The largest absolute Gasteiger partial charge is 0.463 e. The van der Waals surface area contributed by atoms with Crippen molar-refractivity contribution >= 4 is 16.6 Å². The molecule has 0 aromatic carbocycles. The van der Waals surface area contributed by atoms with E-state index in [0.717, 1.165) is 0 Å². The number of carbonyl (C=O) groups excluding carboxylic acids is 1. The second-order valence-corrected chi connectivity index (χ2v) is 5.17. The molecule has 0 bridgehead atoms. The fraction of sp³-hybridized carbons (Fsp3) is 0.375. The number of furan rings is 1. The molecule has 80 valence electrons. The van der Waals surface area contributed by atoms with Crippen LogP contribution in [0.4, 0.5) is 0 Å². The van der Waals surface area contributed by atoms with Crippen LogP contribution in [0.15, 0.2) is 16.5 Å². The Labute approximate surface area is 83.0 Å². The van der Waals surface area contributed by atoms with Crippen molar-refractivity contribution in [1.82, 2.24) is 0 Å². The SMILES string of the molecule is COC(=O)c1ccc(CS(C)(O)O)o1. The van der Waals surface area contributed by atoms with Gasteiger partial charge in [-0.15, -0.1) is 0 Å². The van der Waals surface area contributed by atoms with Crippen LogP contribution in [-0.2, 0) is 10.5 Å². The van der Waals surface area contributed by atoms with E-state index in [1.807, 2.05) is 0 Å². The molecule has 0 saturated heterocycles. The van der Waals surface area contributed by atoms with Crippen molar-refractivity contribution in [2.75, 3.05) is 13.4 Å². The lowest BCUT2D eigenvalue weighted by molar-refractivity contribution is 0.0563. The first-order valence-corrected chi connectivity index (χ1v) is 5.93. The van der Waals surface area contributed by atoms with E-state index in [2.05, 4.69) is 4.74 Å². The number of ether oxygens (including phenoxy) is 1. The third-order valence-corrected chi connectivity index (χ3v) is 2.30. The number of methoxy groups -OCH3 is 1. The van der Waals surface area contributed by atoms with Gasteiger partial charge in [0.15, 0.2) is 0 Å². The maximum absolute atomic E-state index is 11.0. The number of rotatable bonds is 3. The van der Waals surface area contributed by atoms with E-state index in [4.69, 9.17) is 13.5 Å². The fourth-order valence-corrected chi connectivity index (χ4v) is 1.63. The molecule has 2 N–H and O–H groups in total. The molecule has 0 fully saturated rings. The topological polar surface area (TPSA) is 79.9 Å². The van der Waals surface area contributed by atoms with Gasteiger partial charge in [-0.3, -0.25) is 9.11 Å². The third kappa shape index (κ3) is 3.06. The van der Waals surface area contributed by atoms with Crippen LogP contribution in [0.3, 0.4) is 0 Å². The Morgan fingerprint density at radius 2 is 2.21 bits per heavy atom. The maximum Gasteiger partial charge on any atom is 0.373 e. The maximum atomic E-state index is 11.0. The molecule has 0 atom stereocenters. The van der Waals surface area contributed by atoms with Crippen LogP contribution < -0.4 is 0 Å². The van der Waals surface area contributed by atoms with Crippen LogP contribution in [-0.4, -0.2) is 28.4 Å². The lowest BCUT2D eigenvalue weighted by atomic mass is 10.4. The van der Waals surface area contributed by atoms with Gasteiger partial charge in [-0.25, -0.2) is 4.79 Å². The molecule has 1 heterocycles. The predicted molar refractivity (Wildman–Crippen MR) is 52.5 cm³/mol. The minimum Gasteiger partial charge on any atom is -0.463 e. The second kappa shape index (κ2) is 4.04. The van der Waals surface area contributed by atoms with Gasteiger partial charge in [0.2, 0.25) is 5.76 Å². The molecule has 0 spiro atoms. The van der Waals surface area contributed by atoms with Gasteiger partial charge in [-0.1, -0.05) is 0 Å². The smallest absolute Gasteiger partial charge is 0.373 e. The molecule has 0 saturated carbocycles. The van der Waals surface area contributed by atoms with E-state index < -0.39 is 16.6 Å². The summed E-state index contributed by atoms with van der Waals surface area (Å²) >= 11 is 0. The standard InChI is InChI=1S/C8H12O5S/c1-12-8(9)7-4-3-6(13-7)5-14(2,10)11/h3-4,10-11H,5H2,1-2H3. The lowest BCUT2D eigenvalue weighted by Gasteiger charge is -2.24. The Kier molecular flexibility index (Phi) is 3.20. The summed E-state index contributed by atoms with van der Waals surface area (Å²) in [6, 6.07) is 2.95. The van der Waals surface area contributed by atoms with E-state index in [1.54, 1.807) is 0 Å². The van der Waals surface area contributed by atoms with Crippen molar-refractivity contribution in [1.29, 1.82) is 0 Å². The first kappa shape index (κ1) is 11.1. The minimum atomic E-state index is -2.64. The van der Waals surface area contributed by atoms with Crippen molar-refractivity contribution in [3.63, 3.8) is 0 Å². The highest BCUT2D eigenvalue weighted by molar-refractivity contribution is 8.23. The average molecular weight is 220 g/mol. The molecule has 0 radical (unpaired) electrons.